The number of hydrogen-bond donors (Lipinski definition) is 2. The topological polar surface area (TPSA) is 117 Å². The summed E-state index contributed by atoms with van der Waals surface area (Å²) >= 11 is 7.85. The molecule has 2 aromatic carbocycles. The van der Waals surface area contributed by atoms with E-state index in [0.29, 0.717) is 27.4 Å². The van der Waals surface area contributed by atoms with E-state index >= 15 is 0 Å². The molecule has 0 amide bonds. The van der Waals surface area contributed by atoms with E-state index in [2.05, 4.69) is 14.9 Å². The summed E-state index contributed by atoms with van der Waals surface area (Å²) in [5.41, 5.74) is 14.0. The quantitative estimate of drug-likeness (QED) is 0.435. The van der Waals surface area contributed by atoms with Crippen LogP contribution in [0.1, 0.15) is 35.7 Å². The minimum absolute atomic E-state index is 0.0364. The standard InChI is InChI=1S/C27H30ClN5O3S/c1-17-23(29)27(16-36-17)10-12-33(13-11-27)21-14-31-25(24(30)32-21)37-20-9-5-8-19(22(20)28)26(34)35-15-18-6-3-2-4-7-18/h2-9,14,17,23H,10-13,15-16,29H2,1H3,(H2,30,32)/t17-,23+/m1/s1. The number of esters is 1. The van der Waals surface area contributed by atoms with Gasteiger partial charge in [-0.3, -0.25) is 0 Å². The zero-order valence-corrected chi connectivity index (χ0v) is 22.2. The maximum Gasteiger partial charge on any atom is 0.340 e. The van der Waals surface area contributed by atoms with Crippen LogP contribution < -0.4 is 16.4 Å². The Morgan fingerprint density at radius 3 is 2.65 bits per heavy atom. The van der Waals surface area contributed by atoms with Crippen molar-refractivity contribution in [2.24, 2.45) is 11.1 Å². The van der Waals surface area contributed by atoms with E-state index in [1.165, 1.54) is 11.8 Å². The fourth-order valence-corrected chi connectivity index (χ4v) is 6.05. The number of hydrogen-bond acceptors (Lipinski definition) is 9. The van der Waals surface area contributed by atoms with E-state index in [9.17, 15) is 4.79 Å². The highest BCUT2D eigenvalue weighted by Gasteiger charge is 2.47. The molecule has 2 atom stereocenters. The highest BCUT2D eigenvalue weighted by atomic mass is 35.5. The second-order valence-corrected chi connectivity index (χ2v) is 11.0. The number of nitrogens with zero attached hydrogens (tertiary/aromatic N) is 3. The van der Waals surface area contributed by atoms with E-state index in [1.807, 2.05) is 43.3 Å². The number of piperidine rings is 1. The Labute approximate surface area is 225 Å². The van der Waals surface area contributed by atoms with Crippen LogP contribution in [-0.4, -0.2) is 47.8 Å². The Kier molecular flexibility index (Phi) is 7.57. The predicted molar refractivity (Wildman–Crippen MR) is 145 cm³/mol. The van der Waals surface area contributed by atoms with Gasteiger partial charge in [-0.15, -0.1) is 0 Å². The molecule has 5 rings (SSSR count). The van der Waals surface area contributed by atoms with Crippen LogP contribution in [0.3, 0.4) is 0 Å². The lowest BCUT2D eigenvalue weighted by Crippen LogP contribution is -2.50. The van der Waals surface area contributed by atoms with Crippen molar-refractivity contribution in [3.05, 3.63) is 70.9 Å². The molecule has 194 valence electrons. The number of benzene rings is 2. The Balaban J connectivity index is 1.24. The number of aromatic nitrogens is 2. The molecule has 2 fully saturated rings. The molecule has 10 heteroatoms. The van der Waals surface area contributed by atoms with Crippen LogP contribution in [0.5, 0.6) is 0 Å². The summed E-state index contributed by atoms with van der Waals surface area (Å²) < 4.78 is 11.3. The maximum atomic E-state index is 12.7. The average molecular weight is 540 g/mol. The van der Waals surface area contributed by atoms with Crippen LogP contribution in [0, 0.1) is 5.41 Å². The van der Waals surface area contributed by atoms with Crippen molar-refractivity contribution in [2.45, 2.75) is 48.4 Å². The SMILES string of the molecule is C[C@H]1OCC2(CCN(c3cnc(Sc4cccc(C(=O)OCc5ccccc5)c4Cl)c(N)n3)CC2)[C@H]1N. The summed E-state index contributed by atoms with van der Waals surface area (Å²) in [6.45, 7) is 4.58. The zero-order valence-electron chi connectivity index (χ0n) is 20.6. The van der Waals surface area contributed by atoms with Crippen LogP contribution in [0.2, 0.25) is 5.02 Å². The van der Waals surface area contributed by atoms with Gasteiger partial charge in [0.25, 0.3) is 0 Å². The minimum atomic E-state index is -0.490. The molecule has 3 aromatic rings. The van der Waals surface area contributed by atoms with Crippen molar-refractivity contribution in [1.29, 1.82) is 0 Å². The van der Waals surface area contributed by atoms with Gasteiger partial charge in [-0.2, -0.15) is 0 Å². The summed E-state index contributed by atoms with van der Waals surface area (Å²) in [7, 11) is 0. The van der Waals surface area contributed by atoms with Gasteiger partial charge in [0.15, 0.2) is 5.82 Å². The van der Waals surface area contributed by atoms with Crippen LogP contribution in [0.15, 0.2) is 64.6 Å². The second-order valence-electron chi connectivity index (χ2n) is 9.59. The maximum absolute atomic E-state index is 12.7. The minimum Gasteiger partial charge on any atom is -0.457 e. The van der Waals surface area contributed by atoms with Crippen LogP contribution >= 0.6 is 23.4 Å². The van der Waals surface area contributed by atoms with E-state index in [4.69, 9.17) is 32.5 Å². The zero-order chi connectivity index (χ0) is 26.0. The van der Waals surface area contributed by atoms with Crippen LogP contribution in [0.25, 0.3) is 0 Å². The van der Waals surface area contributed by atoms with Gasteiger partial charge in [0, 0.05) is 29.4 Å². The lowest BCUT2D eigenvalue weighted by Gasteiger charge is -2.41. The molecular formula is C27H30ClN5O3S. The molecule has 2 aliphatic heterocycles. The summed E-state index contributed by atoms with van der Waals surface area (Å²) in [5, 5.41) is 0.815. The van der Waals surface area contributed by atoms with Gasteiger partial charge in [0.2, 0.25) is 0 Å². The molecule has 2 aliphatic rings. The first-order chi connectivity index (χ1) is 17.9. The molecule has 0 radical (unpaired) electrons. The molecule has 0 unspecified atom stereocenters. The second kappa shape index (κ2) is 10.9. The van der Waals surface area contributed by atoms with E-state index in [1.54, 1.807) is 18.3 Å². The molecule has 0 bridgehead atoms. The highest BCUT2D eigenvalue weighted by molar-refractivity contribution is 7.99. The summed E-state index contributed by atoms with van der Waals surface area (Å²) in [6, 6.07) is 14.8. The van der Waals surface area contributed by atoms with Crippen molar-refractivity contribution in [3.63, 3.8) is 0 Å². The van der Waals surface area contributed by atoms with Crippen molar-refractivity contribution in [2.75, 3.05) is 30.3 Å². The third-order valence-electron chi connectivity index (χ3n) is 7.28. The number of anilines is 2. The lowest BCUT2D eigenvalue weighted by atomic mass is 9.73. The molecule has 1 aromatic heterocycles. The number of ether oxygens (including phenoxy) is 2. The van der Waals surface area contributed by atoms with Crippen LogP contribution in [0.4, 0.5) is 11.6 Å². The largest absolute Gasteiger partial charge is 0.457 e. The number of carbonyl (C=O) groups is 1. The van der Waals surface area contributed by atoms with Gasteiger partial charge < -0.3 is 25.8 Å². The summed E-state index contributed by atoms with van der Waals surface area (Å²) in [5.74, 6) is 0.558. The van der Waals surface area contributed by atoms with Crippen molar-refractivity contribution in [1.82, 2.24) is 9.97 Å². The molecule has 4 N–H and O–H groups in total. The number of nitrogen functional groups attached to an aromatic ring is 1. The molecule has 2 saturated heterocycles. The molecule has 8 nitrogen and oxygen atoms in total. The molecule has 1 spiro atoms. The first-order valence-corrected chi connectivity index (χ1v) is 13.5. The van der Waals surface area contributed by atoms with Gasteiger partial charge in [-0.1, -0.05) is 59.8 Å². The predicted octanol–water partition coefficient (Wildman–Crippen LogP) is 4.55. The third kappa shape index (κ3) is 5.40. The highest BCUT2D eigenvalue weighted by Crippen LogP contribution is 2.42. The van der Waals surface area contributed by atoms with Gasteiger partial charge in [-0.25, -0.2) is 14.8 Å². The summed E-state index contributed by atoms with van der Waals surface area (Å²) in [4.78, 5) is 24.7. The van der Waals surface area contributed by atoms with Gasteiger partial charge in [0.1, 0.15) is 17.5 Å². The van der Waals surface area contributed by atoms with E-state index < -0.39 is 5.97 Å². The van der Waals surface area contributed by atoms with Crippen molar-refractivity contribution >= 4 is 41.0 Å². The van der Waals surface area contributed by atoms with Crippen LogP contribution in [-0.2, 0) is 16.1 Å². The fraction of sp³-hybridized carbons (Fsp3) is 0.370. The number of rotatable bonds is 6. The normalized spacial score (nSPS) is 20.8. The number of carbonyl (C=O) groups excluding carboxylic acids is 1. The van der Waals surface area contributed by atoms with Gasteiger partial charge in [-0.05, 0) is 37.5 Å². The van der Waals surface area contributed by atoms with Gasteiger partial charge >= 0.3 is 5.97 Å². The molecular weight excluding hydrogens is 510 g/mol. The Hall–Kier alpha value is -2.85. The van der Waals surface area contributed by atoms with E-state index in [0.717, 1.165) is 37.3 Å². The van der Waals surface area contributed by atoms with E-state index in [-0.39, 0.29) is 29.7 Å². The molecule has 37 heavy (non-hydrogen) atoms. The summed E-state index contributed by atoms with van der Waals surface area (Å²) in [6.07, 6.45) is 3.71. The third-order valence-corrected chi connectivity index (χ3v) is 8.87. The smallest absolute Gasteiger partial charge is 0.340 e. The average Bonchev–Trinajstić information content (AvgIpc) is 3.19. The Morgan fingerprint density at radius 2 is 1.97 bits per heavy atom. The first-order valence-electron chi connectivity index (χ1n) is 12.3. The molecule has 0 aliphatic carbocycles. The van der Waals surface area contributed by atoms with Crippen molar-refractivity contribution in [3.8, 4) is 0 Å². The molecule has 0 saturated carbocycles. The molecule has 3 heterocycles. The number of nitrogens with two attached hydrogens (primary N) is 2. The first kappa shape index (κ1) is 25.8. The lowest BCUT2D eigenvalue weighted by molar-refractivity contribution is 0.0472. The number of halogens is 1. The van der Waals surface area contributed by atoms with Crippen molar-refractivity contribution < 1.29 is 14.3 Å². The Bertz CT molecular complexity index is 1270. The monoisotopic (exact) mass is 539 g/mol. The Morgan fingerprint density at radius 1 is 1.22 bits per heavy atom. The fourth-order valence-electron chi connectivity index (χ4n) is 4.92. The van der Waals surface area contributed by atoms with Gasteiger partial charge in [0.05, 0.1) is 29.5 Å².